The Labute approximate surface area is 130 Å². The van der Waals surface area contributed by atoms with Crippen molar-refractivity contribution in [1.82, 2.24) is 5.32 Å². The number of rotatable bonds is 3. The molecule has 1 atom stereocenters. The van der Waals surface area contributed by atoms with Crippen LogP contribution in [0.3, 0.4) is 0 Å². The number of nitrogens with one attached hydrogen (secondary N) is 1. The van der Waals surface area contributed by atoms with E-state index in [4.69, 9.17) is 0 Å². The van der Waals surface area contributed by atoms with Gasteiger partial charge in [0.25, 0.3) is 0 Å². The molecule has 0 heterocycles. The molecule has 0 aliphatic rings. The summed E-state index contributed by atoms with van der Waals surface area (Å²) < 4.78 is 38.8. The van der Waals surface area contributed by atoms with Gasteiger partial charge in [0.1, 0.15) is 0 Å². The van der Waals surface area contributed by atoms with Gasteiger partial charge in [-0.3, -0.25) is 0 Å². The van der Waals surface area contributed by atoms with E-state index in [9.17, 15) is 13.2 Å². The van der Waals surface area contributed by atoms with Crippen molar-refractivity contribution in [1.29, 1.82) is 0 Å². The van der Waals surface area contributed by atoms with Crippen molar-refractivity contribution >= 4 is 15.9 Å². The lowest BCUT2D eigenvalue weighted by Crippen LogP contribution is -2.18. The predicted octanol–water partition coefficient (Wildman–Crippen LogP) is 5.09. The van der Waals surface area contributed by atoms with Crippen LogP contribution in [-0.4, -0.2) is 7.05 Å². The van der Waals surface area contributed by atoms with E-state index in [0.29, 0.717) is 0 Å². The van der Waals surface area contributed by atoms with Crippen LogP contribution in [0.25, 0.3) is 0 Å². The molecule has 2 aromatic carbocycles. The maximum atomic E-state index is 12.6. The predicted molar refractivity (Wildman–Crippen MR) is 81.2 cm³/mol. The molecule has 0 bridgehead atoms. The van der Waals surface area contributed by atoms with Gasteiger partial charge in [-0.05, 0) is 43.3 Å². The Balaban J connectivity index is 2.40. The fourth-order valence-electron chi connectivity index (χ4n) is 2.25. The minimum Gasteiger partial charge on any atom is -0.309 e. The van der Waals surface area contributed by atoms with Crippen molar-refractivity contribution < 1.29 is 13.2 Å². The molecule has 0 fully saturated rings. The van der Waals surface area contributed by atoms with Crippen LogP contribution in [0.4, 0.5) is 13.2 Å². The largest absolute Gasteiger partial charge is 0.416 e. The molecule has 5 heteroatoms. The molecular formula is C16H15BrF3N. The molecular weight excluding hydrogens is 343 g/mol. The molecule has 1 N–H and O–H groups in total. The second-order valence-corrected chi connectivity index (χ2v) is 5.72. The molecule has 0 spiro atoms. The zero-order chi connectivity index (χ0) is 15.6. The Morgan fingerprint density at radius 2 is 1.67 bits per heavy atom. The lowest BCUT2D eigenvalue weighted by Gasteiger charge is -2.20. The number of hydrogen-bond donors (Lipinski definition) is 1. The van der Waals surface area contributed by atoms with Crippen LogP contribution in [0.1, 0.15) is 28.3 Å². The summed E-state index contributed by atoms with van der Waals surface area (Å²) in [7, 11) is 1.79. The first-order valence-corrected chi connectivity index (χ1v) is 7.22. The first-order valence-electron chi connectivity index (χ1n) is 6.43. The average Bonchev–Trinajstić information content (AvgIpc) is 2.43. The van der Waals surface area contributed by atoms with E-state index in [1.165, 1.54) is 12.1 Å². The van der Waals surface area contributed by atoms with Crippen molar-refractivity contribution in [3.05, 3.63) is 69.2 Å². The maximum Gasteiger partial charge on any atom is 0.416 e. The zero-order valence-electron chi connectivity index (χ0n) is 11.6. The standard InChI is InChI=1S/C16H15BrF3N/c1-10-3-8-14(17)13(9-10)15(21-2)11-4-6-12(7-5-11)16(18,19)20/h3-9,15,21H,1-2H3. The van der Waals surface area contributed by atoms with Crippen LogP contribution < -0.4 is 5.32 Å². The molecule has 0 aromatic heterocycles. The molecule has 21 heavy (non-hydrogen) atoms. The normalized spacial score (nSPS) is 13.2. The smallest absolute Gasteiger partial charge is 0.309 e. The minimum absolute atomic E-state index is 0.165. The fourth-order valence-corrected chi connectivity index (χ4v) is 2.73. The van der Waals surface area contributed by atoms with Crippen molar-refractivity contribution in [2.45, 2.75) is 19.1 Å². The SMILES string of the molecule is CNC(c1ccc(C(F)(F)F)cc1)c1cc(C)ccc1Br. The Morgan fingerprint density at radius 3 is 2.19 bits per heavy atom. The molecule has 2 rings (SSSR count). The number of benzene rings is 2. The first kappa shape index (κ1) is 16.0. The van der Waals surface area contributed by atoms with E-state index < -0.39 is 11.7 Å². The summed E-state index contributed by atoms with van der Waals surface area (Å²) in [5.41, 5.74) is 2.25. The summed E-state index contributed by atoms with van der Waals surface area (Å²) >= 11 is 3.50. The molecule has 0 aliphatic carbocycles. The van der Waals surface area contributed by atoms with E-state index in [0.717, 1.165) is 33.3 Å². The lowest BCUT2D eigenvalue weighted by molar-refractivity contribution is -0.137. The zero-order valence-corrected chi connectivity index (χ0v) is 13.2. The highest BCUT2D eigenvalue weighted by Crippen LogP contribution is 2.33. The second kappa shape index (κ2) is 6.20. The van der Waals surface area contributed by atoms with Gasteiger partial charge < -0.3 is 5.32 Å². The summed E-state index contributed by atoms with van der Waals surface area (Å²) in [6, 6.07) is 11.0. The van der Waals surface area contributed by atoms with Gasteiger partial charge >= 0.3 is 6.18 Å². The summed E-state index contributed by atoms with van der Waals surface area (Å²) in [4.78, 5) is 0. The van der Waals surface area contributed by atoms with Crippen LogP contribution in [0.2, 0.25) is 0 Å². The number of hydrogen-bond acceptors (Lipinski definition) is 1. The van der Waals surface area contributed by atoms with Crippen LogP contribution >= 0.6 is 15.9 Å². The van der Waals surface area contributed by atoms with Gasteiger partial charge in [-0.1, -0.05) is 45.8 Å². The molecule has 0 saturated carbocycles. The highest BCUT2D eigenvalue weighted by atomic mass is 79.9. The van der Waals surface area contributed by atoms with Crippen molar-refractivity contribution in [3.8, 4) is 0 Å². The lowest BCUT2D eigenvalue weighted by atomic mass is 9.96. The van der Waals surface area contributed by atoms with Crippen LogP contribution in [-0.2, 0) is 6.18 Å². The Kier molecular flexibility index (Phi) is 4.74. The third kappa shape index (κ3) is 3.66. The van der Waals surface area contributed by atoms with Gasteiger partial charge in [0.2, 0.25) is 0 Å². The molecule has 1 unspecified atom stereocenters. The van der Waals surface area contributed by atoms with E-state index in [-0.39, 0.29) is 6.04 Å². The van der Waals surface area contributed by atoms with E-state index in [2.05, 4.69) is 21.2 Å². The monoisotopic (exact) mass is 357 g/mol. The van der Waals surface area contributed by atoms with E-state index >= 15 is 0 Å². The summed E-state index contributed by atoms with van der Waals surface area (Å²) in [6.07, 6.45) is -4.31. The van der Waals surface area contributed by atoms with Gasteiger partial charge in [-0.2, -0.15) is 13.2 Å². The Hall–Kier alpha value is -1.33. The van der Waals surface area contributed by atoms with Crippen molar-refractivity contribution in [2.75, 3.05) is 7.05 Å². The van der Waals surface area contributed by atoms with Gasteiger partial charge in [-0.15, -0.1) is 0 Å². The summed E-state index contributed by atoms with van der Waals surface area (Å²) in [5, 5.41) is 3.15. The average molecular weight is 358 g/mol. The van der Waals surface area contributed by atoms with Gasteiger partial charge in [-0.25, -0.2) is 0 Å². The Bertz CT molecular complexity index is 620. The number of alkyl halides is 3. The van der Waals surface area contributed by atoms with Crippen molar-refractivity contribution in [3.63, 3.8) is 0 Å². The molecule has 0 aliphatic heterocycles. The van der Waals surface area contributed by atoms with Gasteiger partial charge in [0, 0.05) is 4.47 Å². The van der Waals surface area contributed by atoms with Crippen molar-refractivity contribution in [2.24, 2.45) is 0 Å². The van der Waals surface area contributed by atoms with Gasteiger partial charge in [0.15, 0.2) is 0 Å². The van der Waals surface area contributed by atoms with Gasteiger partial charge in [0.05, 0.1) is 11.6 Å². The second-order valence-electron chi connectivity index (χ2n) is 4.87. The molecule has 0 saturated heterocycles. The minimum atomic E-state index is -4.31. The Morgan fingerprint density at radius 1 is 1.05 bits per heavy atom. The first-order chi connectivity index (χ1) is 9.82. The fraction of sp³-hybridized carbons (Fsp3) is 0.250. The van der Waals surface area contributed by atoms with Crippen LogP contribution in [0.15, 0.2) is 46.9 Å². The summed E-state index contributed by atoms with van der Waals surface area (Å²) in [5.74, 6) is 0. The van der Waals surface area contributed by atoms with Crippen LogP contribution in [0, 0.1) is 6.92 Å². The molecule has 0 amide bonds. The third-order valence-electron chi connectivity index (χ3n) is 3.32. The summed E-state index contributed by atoms with van der Waals surface area (Å²) in [6.45, 7) is 1.98. The quantitative estimate of drug-likeness (QED) is 0.806. The highest BCUT2D eigenvalue weighted by Gasteiger charge is 2.30. The number of halogens is 4. The number of aryl methyl sites for hydroxylation is 1. The molecule has 1 nitrogen and oxygen atoms in total. The molecule has 0 radical (unpaired) electrons. The van der Waals surface area contributed by atoms with E-state index in [1.807, 2.05) is 25.1 Å². The highest BCUT2D eigenvalue weighted by molar-refractivity contribution is 9.10. The molecule has 2 aromatic rings. The topological polar surface area (TPSA) is 12.0 Å². The molecule has 112 valence electrons. The van der Waals surface area contributed by atoms with E-state index in [1.54, 1.807) is 7.05 Å². The van der Waals surface area contributed by atoms with Crippen LogP contribution in [0.5, 0.6) is 0 Å². The maximum absolute atomic E-state index is 12.6. The third-order valence-corrected chi connectivity index (χ3v) is 4.04.